The van der Waals surface area contributed by atoms with Crippen LogP contribution in [0.5, 0.6) is 0 Å². The van der Waals surface area contributed by atoms with Gasteiger partial charge >= 0.3 is 5.97 Å². The number of thioether (sulfide) groups is 1. The first-order valence-corrected chi connectivity index (χ1v) is 12.3. The van der Waals surface area contributed by atoms with Gasteiger partial charge in [-0.1, -0.05) is 12.1 Å². The van der Waals surface area contributed by atoms with Gasteiger partial charge in [-0.15, -0.1) is 23.1 Å². The number of thiazole rings is 1. The number of aromatic nitrogens is 1. The number of hydrogen-bond acceptors (Lipinski definition) is 9. The molecule has 0 radical (unpaired) electrons. The summed E-state index contributed by atoms with van der Waals surface area (Å²) >= 11 is 2.54. The zero-order valence-electron chi connectivity index (χ0n) is 18.1. The molecule has 32 heavy (non-hydrogen) atoms. The Morgan fingerprint density at radius 1 is 1.34 bits per heavy atom. The van der Waals surface area contributed by atoms with Crippen molar-refractivity contribution in [3.8, 4) is 0 Å². The number of nitrogens with zero attached hydrogens (tertiary/aromatic N) is 3. The lowest BCUT2D eigenvalue weighted by molar-refractivity contribution is -0.160. The minimum absolute atomic E-state index is 0.0418. The molecule has 1 aromatic rings. The van der Waals surface area contributed by atoms with E-state index in [-0.39, 0.29) is 22.6 Å². The van der Waals surface area contributed by atoms with Crippen molar-refractivity contribution in [2.24, 2.45) is 11.1 Å². The van der Waals surface area contributed by atoms with E-state index in [1.165, 1.54) is 28.0 Å². The molecule has 2 saturated heterocycles. The Balaban J connectivity index is 1.49. The van der Waals surface area contributed by atoms with E-state index < -0.39 is 40.0 Å². The molecule has 10 nitrogen and oxygen atoms in total. The molecular formula is C20H27N5O5S2. The molecule has 0 spiro atoms. The maximum Gasteiger partial charge on any atom is 0.327 e. The highest BCUT2D eigenvalue weighted by atomic mass is 32.2. The van der Waals surface area contributed by atoms with Crippen LogP contribution in [-0.4, -0.2) is 66.8 Å². The number of carboxylic acid groups (broad SMARTS) is 1. The summed E-state index contributed by atoms with van der Waals surface area (Å²) in [5.41, 5.74) is 5.97. The Bertz CT molecular complexity index is 956. The summed E-state index contributed by atoms with van der Waals surface area (Å²) in [7, 11) is 0. The Labute approximate surface area is 193 Å². The van der Waals surface area contributed by atoms with Gasteiger partial charge in [-0.3, -0.25) is 9.59 Å². The van der Waals surface area contributed by atoms with Gasteiger partial charge in [0.05, 0.1) is 0 Å². The zero-order valence-corrected chi connectivity index (χ0v) is 19.7. The van der Waals surface area contributed by atoms with E-state index in [0.29, 0.717) is 5.92 Å². The Morgan fingerprint density at radius 2 is 2.03 bits per heavy atom. The summed E-state index contributed by atoms with van der Waals surface area (Å²) in [6.45, 7) is 5.77. The second-order valence-corrected chi connectivity index (χ2v) is 11.7. The number of nitrogens with two attached hydrogens (primary N) is 1. The monoisotopic (exact) mass is 481 g/mol. The molecule has 0 bridgehead atoms. The molecule has 2 amide bonds. The molecule has 0 aromatic carbocycles. The van der Waals surface area contributed by atoms with Crippen molar-refractivity contribution in [1.29, 1.82) is 0 Å². The number of oxime groups is 1. The molecule has 0 unspecified atom stereocenters. The number of nitrogen functional groups attached to an aromatic ring is 1. The van der Waals surface area contributed by atoms with Crippen molar-refractivity contribution in [3.05, 3.63) is 11.1 Å². The lowest BCUT2D eigenvalue weighted by Crippen LogP contribution is -2.71. The average molecular weight is 482 g/mol. The molecule has 4 N–H and O–H groups in total. The van der Waals surface area contributed by atoms with Crippen LogP contribution in [-0.2, 0) is 19.2 Å². The molecule has 1 aliphatic carbocycles. The quantitative estimate of drug-likeness (QED) is 0.316. The third-order valence-electron chi connectivity index (χ3n) is 6.20. The van der Waals surface area contributed by atoms with Crippen LogP contribution in [0.1, 0.15) is 52.1 Å². The van der Waals surface area contributed by atoms with Crippen molar-refractivity contribution in [1.82, 2.24) is 15.2 Å². The van der Waals surface area contributed by atoms with Crippen LogP contribution in [0.3, 0.4) is 0 Å². The summed E-state index contributed by atoms with van der Waals surface area (Å²) < 4.78 is -0.673. The van der Waals surface area contributed by atoms with Crippen molar-refractivity contribution in [3.63, 3.8) is 0 Å². The number of hydrogen-bond donors (Lipinski definition) is 3. The molecule has 4 rings (SSSR count). The highest BCUT2D eigenvalue weighted by Crippen LogP contribution is 2.50. The molecule has 3 heterocycles. The maximum absolute atomic E-state index is 13.1. The second-order valence-electron chi connectivity index (χ2n) is 9.05. The standard InChI is InChI=1S/C20H27N5O5S2/c1-9-4-6-10(7-5-9)30-24-12(11-8-31-19(21)22-11)15(26)23-13-16(27)25-14(18(28)29)20(2,3)32-17(13)25/h8-10,13-14,17H,4-7H2,1-3H3,(H2,21,22)(H,23,26)(H,28,29)/b24-12-/t9?,10?,13-,14-,17+/m0/s1. The largest absolute Gasteiger partial charge is 0.480 e. The van der Waals surface area contributed by atoms with Crippen LogP contribution in [0.4, 0.5) is 5.13 Å². The Morgan fingerprint density at radius 3 is 2.62 bits per heavy atom. The summed E-state index contributed by atoms with van der Waals surface area (Å²) in [5.74, 6) is -1.43. The maximum atomic E-state index is 13.1. The van der Waals surface area contributed by atoms with Crippen molar-refractivity contribution < 1.29 is 24.3 Å². The van der Waals surface area contributed by atoms with Crippen molar-refractivity contribution >= 4 is 51.7 Å². The molecule has 3 atom stereocenters. The number of fused-ring (bicyclic) bond motifs is 1. The van der Waals surface area contributed by atoms with E-state index in [9.17, 15) is 19.5 Å². The summed E-state index contributed by atoms with van der Waals surface area (Å²) in [5, 5.41) is 17.8. The number of nitrogens with one attached hydrogen (secondary N) is 1. The fourth-order valence-electron chi connectivity index (χ4n) is 4.42. The van der Waals surface area contributed by atoms with Crippen LogP contribution in [0.15, 0.2) is 10.5 Å². The molecule has 2 aliphatic heterocycles. The highest BCUT2D eigenvalue weighted by Gasteiger charge is 2.64. The normalized spacial score (nSPS) is 31.6. The van der Waals surface area contributed by atoms with E-state index in [1.54, 1.807) is 19.2 Å². The number of β-lactam (4-membered cyclic amide) rings is 1. The number of carbonyl (C=O) groups excluding carboxylic acids is 2. The number of carbonyl (C=O) groups is 3. The fraction of sp³-hybridized carbons (Fsp3) is 0.650. The van der Waals surface area contributed by atoms with Crippen LogP contribution in [0.25, 0.3) is 0 Å². The van der Waals surface area contributed by atoms with Gasteiger partial charge in [0, 0.05) is 10.1 Å². The predicted octanol–water partition coefficient (Wildman–Crippen LogP) is 1.66. The highest BCUT2D eigenvalue weighted by molar-refractivity contribution is 8.01. The first-order chi connectivity index (χ1) is 15.1. The van der Waals surface area contributed by atoms with Gasteiger partial charge in [0.1, 0.15) is 29.3 Å². The van der Waals surface area contributed by atoms with Crippen LogP contribution in [0, 0.1) is 5.92 Å². The number of rotatable bonds is 6. The van der Waals surface area contributed by atoms with Gasteiger partial charge in [-0.25, -0.2) is 9.78 Å². The molecule has 174 valence electrons. The van der Waals surface area contributed by atoms with E-state index in [1.807, 2.05) is 0 Å². The average Bonchev–Trinajstić information content (AvgIpc) is 3.26. The molecule has 3 aliphatic rings. The smallest absolute Gasteiger partial charge is 0.327 e. The SMILES string of the molecule is CC1CCC(O/N=C(\C(=O)N[C@H]2C(=O)N3[C@@H]2SC(C)(C)[C@@H]3C(=O)O)c2csc(N)n2)CC1. The van der Waals surface area contributed by atoms with Gasteiger partial charge in [0.15, 0.2) is 10.8 Å². The Kier molecular flexibility index (Phi) is 6.10. The minimum Gasteiger partial charge on any atom is -0.480 e. The Hall–Kier alpha value is -2.34. The summed E-state index contributed by atoms with van der Waals surface area (Å²) in [6, 6.07) is -1.78. The fourth-order valence-corrected chi connectivity index (χ4v) is 6.59. The van der Waals surface area contributed by atoms with E-state index >= 15 is 0 Å². The van der Waals surface area contributed by atoms with Gasteiger partial charge in [-0.2, -0.15) is 0 Å². The summed E-state index contributed by atoms with van der Waals surface area (Å²) in [4.78, 5) is 48.6. The molecule has 1 saturated carbocycles. The van der Waals surface area contributed by atoms with Gasteiger partial charge in [-0.05, 0) is 45.4 Å². The van der Waals surface area contributed by atoms with E-state index in [2.05, 4.69) is 22.4 Å². The van der Waals surface area contributed by atoms with Crippen molar-refractivity contribution in [2.45, 2.75) is 74.8 Å². The molecule has 12 heteroatoms. The summed E-state index contributed by atoms with van der Waals surface area (Å²) in [6.07, 6.45) is 3.72. The third kappa shape index (κ3) is 4.17. The van der Waals surface area contributed by atoms with Gasteiger partial charge < -0.3 is 25.9 Å². The van der Waals surface area contributed by atoms with Crippen LogP contribution in [0.2, 0.25) is 0 Å². The van der Waals surface area contributed by atoms with Gasteiger partial charge in [0.25, 0.3) is 5.91 Å². The lowest BCUT2D eigenvalue weighted by atomic mass is 9.89. The van der Waals surface area contributed by atoms with Crippen molar-refractivity contribution in [2.75, 3.05) is 5.73 Å². The molecule has 3 fully saturated rings. The number of anilines is 1. The minimum atomic E-state index is -1.06. The first-order valence-electron chi connectivity index (χ1n) is 10.6. The topological polar surface area (TPSA) is 147 Å². The predicted molar refractivity (Wildman–Crippen MR) is 121 cm³/mol. The molecular weight excluding hydrogens is 454 g/mol. The van der Waals surface area contributed by atoms with E-state index in [0.717, 1.165) is 25.7 Å². The van der Waals surface area contributed by atoms with Crippen LogP contribution < -0.4 is 11.1 Å². The zero-order chi connectivity index (χ0) is 23.2. The second kappa shape index (κ2) is 8.54. The third-order valence-corrected chi connectivity index (χ3v) is 8.44. The van der Waals surface area contributed by atoms with E-state index in [4.69, 9.17) is 10.6 Å². The van der Waals surface area contributed by atoms with Gasteiger partial charge in [0.2, 0.25) is 5.91 Å². The molecule has 1 aromatic heterocycles. The number of aliphatic carboxylic acids is 1. The lowest BCUT2D eigenvalue weighted by Gasteiger charge is -2.43. The first kappa shape index (κ1) is 22.8. The van der Waals surface area contributed by atoms with Crippen LogP contribution >= 0.6 is 23.1 Å². The number of amides is 2. The number of carboxylic acids is 1.